The molecule has 0 spiro atoms. The van der Waals surface area contributed by atoms with E-state index in [-0.39, 0.29) is 12.1 Å². The maximum absolute atomic E-state index is 12.5. The van der Waals surface area contributed by atoms with E-state index in [1.165, 1.54) is 5.56 Å². The van der Waals surface area contributed by atoms with Crippen LogP contribution in [0.4, 0.5) is 19.0 Å². The molecule has 0 radical (unpaired) electrons. The zero-order valence-corrected chi connectivity index (χ0v) is 20.3. The number of carbonyl (C=O) groups excluding carboxylic acids is 1. The Morgan fingerprint density at radius 3 is 2.60 bits per heavy atom. The molecule has 4 rings (SSSR count). The van der Waals surface area contributed by atoms with Crippen LogP contribution in [0.3, 0.4) is 0 Å². The van der Waals surface area contributed by atoms with Crippen molar-refractivity contribution in [3.8, 4) is 0 Å². The van der Waals surface area contributed by atoms with Gasteiger partial charge in [-0.15, -0.1) is 0 Å². The Bertz CT molecular complexity index is 997. The number of esters is 1. The summed E-state index contributed by atoms with van der Waals surface area (Å²) in [6.07, 6.45) is -0.607. The fraction of sp³-hybridized carbons (Fsp3) is 0.520. The molecule has 2 atom stereocenters. The third-order valence-corrected chi connectivity index (χ3v) is 6.84. The number of ether oxygens (including phenoxy) is 2. The van der Waals surface area contributed by atoms with Gasteiger partial charge in [-0.3, -0.25) is 4.90 Å². The van der Waals surface area contributed by atoms with Gasteiger partial charge in [-0.25, -0.2) is 9.78 Å². The van der Waals surface area contributed by atoms with Crippen LogP contribution >= 0.6 is 11.6 Å². The summed E-state index contributed by atoms with van der Waals surface area (Å²) in [5.41, 5.74) is 1.68. The molecule has 2 aromatic rings. The highest BCUT2D eigenvalue weighted by Crippen LogP contribution is 2.29. The SMILES string of the molecule is C[C@H]1CN(C2CCN(c3ncccc3COC(=O)C(F)(F)F)CC2)[C@@H](Cc2ccc(Cl)cc2)CO1. The molecule has 0 aliphatic carbocycles. The van der Waals surface area contributed by atoms with E-state index >= 15 is 0 Å². The Kier molecular flexibility index (Phi) is 8.19. The van der Waals surface area contributed by atoms with Crippen molar-refractivity contribution in [1.29, 1.82) is 0 Å². The van der Waals surface area contributed by atoms with Crippen LogP contribution in [0.1, 0.15) is 30.9 Å². The van der Waals surface area contributed by atoms with Crippen LogP contribution in [0.2, 0.25) is 5.02 Å². The molecule has 190 valence electrons. The first-order valence-corrected chi connectivity index (χ1v) is 12.1. The molecule has 0 amide bonds. The van der Waals surface area contributed by atoms with Crippen LogP contribution in [-0.4, -0.2) is 66.5 Å². The predicted octanol–water partition coefficient (Wildman–Crippen LogP) is 4.64. The van der Waals surface area contributed by atoms with Gasteiger partial charge in [-0.1, -0.05) is 29.8 Å². The number of halogens is 4. The Morgan fingerprint density at radius 2 is 1.91 bits per heavy atom. The second kappa shape index (κ2) is 11.1. The Balaban J connectivity index is 1.39. The number of aromatic nitrogens is 1. The first-order valence-electron chi connectivity index (χ1n) is 11.8. The number of carbonyl (C=O) groups is 1. The monoisotopic (exact) mass is 511 g/mol. The lowest BCUT2D eigenvalue weighted by Gasteiger charge is -2.46. The van der Waals surface area contributed by atoms with E-state index < -0.39 is 18.8 Å². The summed E-state index contributed by atoms with van der Waals surface area (Å²) in [4.78, 5) is 20.1. The Morgan fingerprint density at radius 1 is 1.20 bits per heavy atom. The van der Waals surface area contributed by atoms with Crippen LogP contribution < -0.4 is 4.90 Å². The number of rotatable bonds is 6. The van der Waals surface area contributed by atoms with E-state index in [0.717, 1.165) is 25.8 Å². The summed E-state index contributed by atoms with van der Waals surface area (Å²) in [5, 5.41) is 0.716. The number of alkyl halides is 3. The standard InChI is InChI=1S/C25H29ClF3N3O3/c1-17-14-32(22(16-34-17)13-18-4-6-20(26)7-5-18)21-8-11-31(12-9-21)23-19(3-2-10-30-23)15-35-24(33)25(27,28)29/h2-7,10,17,21-22H,8-9,11-16H2,1H3/t17-,22-/m0/s1. The van der Waals surface area contributed by atoms with Gasteiger partial charge < -0.3 is 14.4 Å². The molecule has 6 nitrogen and oxygen atoms in total. The highest BCUT2D eigenvalue weighted by Gasteiger charge is 2.41. The number of benzene rings is 1. The van der Waals surface area contributed by atoms with Gasteiger partial charge in [0.05, 0.1) is 12.7 Å². The third-order valence-electron chi connectivity index (χ3n) is 6.59. The van der Waals surface area contributed by atoms with E-state index in [9.17, 15) is 18.0 Å². The predicted molar refractivity (Wildman–Crippen MR) is 126 cm³/mol. The molecule has 2 fully saturated rings. The van der Waals surface area contributed by atoms with E-state index in [2.05, 4.69) is 38.6 Å². The van der Waals surface area contributed by atoms with Gasteiger partial charge in [0.1, 0.15) is 12.4 Å². The first-order chi connectivity index (χ1) is 16.7. The van der Waals surface area contributed by atoms with E-state index in [1.54, 1.807) is 18.3 Å². The van der Waals surface area contributed by atoms with Crippen molar-refractivity contribution in [2.24, 2.45) is 0 Å². The molecule has 0 saturated carbocycles. The number of anilines is 1. The van der Waals surface area contributed by atoms with Gasteiger partial charge in [-0.2, -0.15) is 13.2 Å². The summed E-state index contributed by atoms with van der Waals surface area (Å²) in [6, 6.07) is 11.8. The molecule has 1 aromatic carbocycles. The molecule has 1 aromatic heterocycles. The third kappa shape index (κ3) is 6.65. The fourth-order valence-electron chi connectivity index (χ4n) is 4.85. The smallest absolute Gasteiger partial charge is 0.454 e. The lowest BCUT2D eigenvalue weighted by Crippen LogP contribution is -2.56. The minimum atomic E-state index is -5.02. The fourth-order valence-corrected chi connectivity index (χ4v) is 4.97. The van der Waals surface area contributed by atoms with Gasteiger partial charge in [-0.05, 0) is 49.9 Å². The van der Waals surface area contributed by atoms with Crippen molar-refractivity contribution in [2.75, 3.05) is 31.1 Å². The van der Waals surface area contributed by atoms with Crippen LogP contribution in [0.5, 0.6) is 0 Å². The highest BCUT2D eigenvalue weighted by molar-refractivity contribution is 6.30. The van der Waals surface area contributed by atoms with Gasteiger partial charge in [0.25, 0.3) is 0 Å². The van der Waals surface area contributed by atoms with Crippen LogP contribution in [-0.2, 0) is 27.3 Å². The number of piperidine rings is 1. The van der Waals surface area contributed by atoms with Crippen molar-refractivity contribution in [3.05, 3.63) is 58.7 Å². The summed E-state index contributed by atoms with van der Waals surface area (Å²) in [6.45, 7) is 4.56. The first kappa shape index (κ1) is 25.7. The maximum Gasteiger partial charge on any atom is 0.490 e. The minimum absolute atomic E-state index is 0.153. The molecule has 2 aliphatic heterocycles. The zero-order valence-electron chi connectivity index (χ0n) is 19.5. The Labute approximate surface area is 208 Å². The highest BCUT2D eigenvalue weighted by atomic mass is 35.5. The summed E-state index contributed by atoms with van der Waals surface area (Å²) < 4.78 is 48.0. The number of hydrogen-bond donors (Lipinski definition) is 0. The summed E-state index contributed by atoms with van der Waals surface area (Å²) >= 11 is 6.04. The lowest BCUT2D eigenvalue weighted by atomic mass is 9.96. The molecule has 0 N–H and O–H groups in total. The van der Waals surface area contributed by atoms with Crippen LogP contribution in [0.15, 0.2) is 42.6 Å². The number of nitrogens with zero attached hydrogens (tertiary/aromatic N) is 3. The minimum Gasteiger partial charge on any atom is -0.454 e. The second-order valence-electron chi connectivity index (χ2n) is 9.10. The van der Waals surface area contributed by atoms with E-state index in [1.807, 2.05) is 12.1 Å². The number of pyridine rings is 1. The molecule has 2 aliphatic rings. The number of hydrogen-bond acceptors (Lipinski definition) is 6. The second-order valence-corrected chi connectivity index (χ2v) is 9.54. The summed E-state index contributed by atoms with van der Waals surface area (Å²) in [7, 11) is 0. The average molecular weight is 512 g/mol. The van der Waals surface area contributed by atoms with Crippen molar-refractivity contribution < 1.29 is 27.4 Å². The number of morpholine rings is 1. The van der Waals surface area contributed by atoms with Crippen LogP contribution in [0.25, 0.3) is 0 Å². The van der Waals surface area contributed by atoms with Crippen molar-refractivity contribution >= 4 is 23.4 Å². The molecule has 10 heteroatoms. The normalized spacial score (nSPS) is 22.3. The zero-order chi connectivity index (χ0) is 25.0. The molecule has 2 saturated heterocycles. The molecule has 0 bridgehead atoms. The largest absolute Gasteiger partial charge is 0.490 e. The van der Waals surface area contributed by atoms with Crippen molar-refractivity contribution in [2.45, 2.75) is 57.2 Å². The Hall–Kier alpha value is -2.36. The van der Waals surface area contributed by atoms with Gasteiger partial charge in [0, 0.05) is 48.5 Å². The maximum atomic E-state index is 12.5. The molecule has 35 heavy (non-hydrogen) atoms. The molecular weight excluding hydrogens is 483 g/mol. The van der Waals surface area contributed by atoms with Gasteiger partial charge in [0.2, 0.25) is 0 Å². The van der Waals surface area contributed by atoms with Crippen molar-refractivity contribution in [1.82, 2.24) is 9.88 Å². The van der Waals surface area contributed by atoms with Gasteiger partial charge in [0.15, 0.2) is 0 Å². The topological polar surface area (TPSA) is 54.9 Å². The van der Waals surface area contributed by atoms with E-state index in [4.69, 9.17) is 16.3 Å². The van der Waals surface area contributed by atoms with Crippen molar-refractivity contribution in [3.63, 3.8) is 0 Å². The van der Waals surface area contributed by atoms with E-state index in [0.29, 0.717) is 42.1 Å². The van der Waals surface area contributed by atoms with Gasteiger partial charge >= 0.3 is 12.1 Å². The summed E-state index contributed by atoms with van der Waals surface area (Å²) in [5.74, 6) is -1.63. The average Bonchev–Trinajstić information content (AvgIpc) is 2.84. The molecule has 0 unspecified atom stereocenters. The molecular formula is C25H29ClF3N3O3. The van der Waals surface area contributed by atoms with Crippen LogP contribution in [0, 0.1) is 0 Å². The quantitative estimate of drug-likeness (QED) is 0.527. The lowest BCUT2D eigenvalue weighted by molar-refractivity contribution is -0.201. The molecule has 3 heterocycles.